The number of rotatable bonds is 1. The van der Waals surface area contributed by atoms with E-state index in [0.717, 1.165) is 19.3 Å². The number of hydrogen-bond acceptors (Lipinski definition) is 3. The molecule has 0 aromatic carbocycles. The number of carbonyl (C=O) groups is 1. The zero-order valence-electron chi connectivity index (χ0n) is 11.1. The molecule has 0 unspecified atom stereocenters. The number of nitrogens with zero attached hydrogens (tertiary/aromatic N) is 1. The van der Waals surface area contributed by atoms with Gasteiger partial charge in [0, 0.05) is 19.1 Å². The minimum absolute atomic E-state index is 0.0381. The van der Waals surface area contributed by atoms with Crippen LogP contribution in [0.15, 0.2) is 0 Å². The van der Waals surface area contributed by atoms with Crippen LogP contribution in [0, 0.1) is 5.92 Å². The molecule has 2 fully saturated rings. The van der Waals surface area contributed by atoms with Crippen LogP contribution in [-0.2, 0) is 9.53 Å². The molecule has 0 radical (unpaired) electrons. The van der Waals surface area contributed by atoms with Gasteiger partial charge in [0.25, 0.3) is 0 Å². The summed E-state index contributed by atoms with van der Waals surface area (Å²) >= 11 is 0. The number of amides is 1. The molecular formula is C13H24N2O2. The zero-order valence-corrected chi connectivity index (χ0v) is 11.1. The van der Waals surface area contributed by atoms with Gasteiger partial charge >= 0.3 is 0 Å². The lowest BCUT2D eigenvalue weighted by Gasteiger charge is -2.42. The van der Waals surface area contributed by atoms with Gasteiger partial charge in [0.1, 0.15) is 0 Å². The van der Waals surface area contributed by atoms with Crippen LogP contribution >= 0.6 is 0 Å². The van der Waals surface area contributed by atoms with Gasteiger partial charge in [-0.15, -0.1) is 0 Å². The van der Waals surface area contributed by atoms with Gasteiger partial charge in [0.05, 0.1) is 17.6 Å². The maximum atomic E-state index is 12.4. The summed E-state index contributed by atoms with van der Waals surface area (Å²) in [6, 6.07) is 0.0590. The third-order valence-corrected chi connectivity index (χ3v) is 3.77. The van der Waals surface area contributed by atoms with Gasteiger partial charge in [-0.2, -0.15) is 0 Å². The Morgan fingerprint density at radius 1 is 1.41 bits per heavy atom. The van der Waals surface area contributed by atoms with Crippen LogP contribution in [0.4, 0.5) is 0 Å². The number of ether oxygens (including phenoxy) is 1. The number of carbonyl (C=O) groups excluding carboxylic acids is 1. The van der Waals surface area contributed by atoms with Crippen molar-refractivity contribution >= 4 is 5.91 Å². The molecule has 0 spiro atoms. The van der Waals surface area contributed by atoms with Crippen molar-refractivity contribution in [3.63, 3.8) is 0 Å². The molecule has 0 aromatic heterocycles. The fourth-order valence-corrected chi connectivity index (χ4v) is 3.15. The Balaban J connectivity index is 2.03. The zero-order chi connectivity index (χ0) is 12.6. The summed E-state index contributed by atoms with van der Waals surface area (Å²) in [6.45, 7) is 7.48. The molecule has 0 bridgehead atoms. The summed E-state index contributed by atoms with van der Waals surface area (Å²) in [6.07, 6.45) is 3.13. The highest BCUT2D eigenvalue weighted by Crippen LogP contribution is 2.28. The lowest BCUT2D eigenvalue weighted by molar-refractivity contribution is -0.161. The predicted molar refractivity (Wildman–Crippen MR) is 66.5 cm³/mol. The third-order valence-electron chi connectivity index (χ3n) is 3.77. The van der Waals surface area contributed by atoms with Crippen molar-refractivity contribution in [2.24, 2.45) is 11.7 Å². The molecule has 0 aromatic rings. The first-order valence-electron chi connectivity index (χ1n) is 6.61. The van der Waals surface area contributed by atoms with Crippen LogP contribution < -0.4 is 5.73 Å². The van der Waals surface area contributed by atoms with E-state index in [0.29, 0.717) is 13.1 Å². The molecule has 3 atom stereocenters. The predicted octanol–water partition coefficient (Wildman–Crippen LogP) is 1.14. The fraction of sp³-hybridized carbons (Fsp3) is 0.923. The van der Waals surface area contributed by atoms with Crippen molar-refractivity contribution in [2.45, 2.75) is 57.8 Å². The Morgan fingerprint density at radius 2 is 2.12 bits per heavy atom. The lowest BCUT2D eigenvalue weighted by Crippen LogP contribution is -2.56. The van der Waals surface area contributed by atoms with Gasteiger partial charge in [-0.1, -0.05) is 6.42 Å². The molecule has 2 N–H and O–H groups in total. The van der Waals surface area contributed by atoms with Gasteiger partial charge in [0.2, 0.25) is 5.91 Å². The molecular weight excluding hydrogens is 216 g/mol. The van der Waals surface area contributed by atoms with Crippen LogP contribution in [0.2, 0.25) is 0 Å². The smallest absolute Gasteiger partial charge is 0.227 e. The van der Waals surface area contributed by atoms with E-state index in [1.807, 2.05) is 25.7 Å². The van der Waals surface area contributed by atoms with Crippen molar-refractivity contribution < 1.29 is 9.53 Å². The van der Waals surface area contributed by atoms with E-state index in [1.54, 1.807) is 0 Å². The van der Waals surface area contributed by atoms with E-state index in [9.17, 15) is 4.79 Å². The molecule has 1 heterocycles. The summed E-state index contributed by atoms with van der Waals surface area (Å²) in [4.78, 5) is 14.4. The van der Waals surface area contributed by atoms with E-state index in [-0.39, 0.29) is 29.6 Å². The van der Waals surface area contributed by atoms with Crippen molar-refractivity contribution in [3.05, 3.63) is 0 Å². The standard InChI is InChI=1S/C13H24N2O2/c1-9-7-15(8-13(2,3)17-9)12(16)10-5-4-6-11(10)14/h9-11H,4-8,14H2,1-3H3/t9-,10+,11+/m1/s1. The maximum Gasteiger partial charge on any atom is 0.227 e. The molecule has 1 aliphatic carbocycles. The Morgan fingerprint density at radius 3 is 2.65 bits per heavy atom. The van der Waals surface area contributed by atoms with Gasteiger partial charge in [-0.05, 0) is 33.6 Å². The summed E-state index contributed by atoms with van der Waals surface area (Å²) in [5.74, 6) is 0.273. The lowest BCUT2D eigenvalue weighted by atomic mass is 9.99. The van der Waals surface area contributed by atoms with Crippen molar-refractivity contribution in [2.75, 3.05) is 13.1 Å². The molecule has 2 aliphatic rings. The monoisotopic (exact) mass is 240 g/mol. The first-order chi connectivity index (χ1) is 7.89. The average molecular weight is 240 g/mol. The van der Waals surface area contributed by atoms with Crippen LogP contribution in [0.3, 0.4) is 0 Å². The van der Waals surface area contributed by atoms with E-state index < -0.39 is 0 Å². The number of nitrogens with two attached hydrogens (primary N) is 1. The van der Waals surface area contributed by atoms with Gasteiger partial charge in [0.15, 0.2) is 0 Å². The van der Waals surface area contributed by atoms with Crippen LogP contribution in [0.5, 0.6) is 0 Å². The van der Waals surface area contributed by atoms with Crippen LogP contribution in [-0.4, -0.2) is 41.6 Å². The third kappa shape index (κ3) is 2.80. The van der Waals surface area contributed by atoms with Crippen molar-refractivity contribution in [3.8, 4) is 0 Å². The minimum Gasteiger partial charge on any atom is -0.369 e. The van der Waals surface area contributed by atoms with E-state index in [1.165, 1.54) is 0 Å². The SMILES string of the molecule is C[C@@H]1CN(C(=O)[C@H]2CCC[C@@H]2N)CC(C)(C)O1. The topological polar surface area (TPSA) is 55.6 Å². The normalized spacial score (nSPS) is 37.2. The Bertz CT molecular complexity index is 304. The molecule has 1 saturated heterocycles. The van der Waals surface area contributed by atoms with Gasteiger partial charge < -0.3 is 15.4 Å². The average Bonchev–Trinajstić information content (AvgIpc) is 2.60. The Labute approximate surface area is 103 Å². The summed E-state index contributed by atoms with van der Waals surface area (Å²) in [5, 5.41) is 0. The largest absolute Gasteiger partial charge is 0.369 e. The van der Waals surface area contributed by atoms with Crippen molar-refractivity contribution in [1.82, 2.24) is 4.90 Å². The second-order valence-electron chi connectivity index (χ2n) is 6.11. The molecule has 17 heavy (non-hydrogen) atoms. The highest BCUT2D eigenvalue weighted by atomic mass is 16.5. The molecule has 98 valence electrons. The minimum atomic E-state index is -0.240. The van der Waals surface area contributed by atoms with E-state index >= 15 is 0 Å². The molecule has 1 aliphatic heterocycles. The van der Waals surface area contributed by atoms with Crippen LogP contribution in [0.1, 0.15) is 40.0 Å². The fourth-order valence-electron chi connectivity index (χ4n) is 3.15. The van der Waals surface area contributed by atoms with Crippen molar-refractivity contribution in [1.29, 1.82) is 0 Å². The van der Waals surface area contributed by atoms with Gasteiger partial charge in [-0.25, -0.2) is 0 Å². The Hall–Kier alpha value is -0.610. The van der Waals surface area contributed by atoms with E-state index in [4.69, 9.17) is 10.5 Å². The highest BCUT2D eigenvalue weighted by Gasteiger charge is 2.39. The molecule has 4 nitrogen and oxygen atoms in total. The highest BCUT2D eigenvalue weighted by molar-refractivity contribution is 5.80. The van der Waals surface area contributed by atoms with E-state index in [2.05, 4.69) is 0 Å². The molecule has 1 amide bonds. The molecule has 2 rings (SSSR count). The summed E-state index contributed by atoms with van der Waals surface area (Å²) < 4.78 is 5.82. The first kappa shape index (κ1) is 12.8. The number of hydrogen-bond donors (Lipinski definition) is 1. The van der Waals surface area contributed by atoms with Crippen LogP contribution in [0.25, 0.3) is 0 Å². The second kappa shape index (κ2) is 4.58. The summed E-state index contributed by atoms with van der Waals surface area (Å²) in [7, 11) is 0. The first-order valence-corrected chi connectivity index (χ1v) is 6.61. The molecule has 4 heteroatoms. The number of morpholine rings is 1. The quantitative estimate of drug-likeness (QED) is 0.748. The maximum absolute atomic E-state index is 12.4. The second-order valence-corrected chi connectivity index (χ2v) is 6.11. The Kier molecular flexibility index (Phi) is 3.46. The van der Waals surface area contributed by atoms with Gasteiger partial charge in [-0.3, -0.25) is 4.79 Å². The molecule has 1 saturated carbocycles. The summed E-state index contributed by atoms with van der Waals surface area (Å²) in [5.41, 5.74) is 5.77.